The first kappa shape index (κ1) is 27.2. The number of aromatic nitrogens is 1. The van der Waals surface area contributed by atoms with E-state index in [0.717, 1.165) is 11.8 Å². The van der Waals surface area contributed by atoms with Gasteiger partial charge in [-0.2, -0.15) is 13.2 Å². The van der Waals surface area contributed by atoms with Crippen LogP contribution in [0.25, 0.3) is 0 Å². The van der Waals surface area contributed by atoms with Crippen molar-refractivity contribution in [3.63, 3.8) is 0 Å². The quantitative estimate of drug-likeness (QED) is 0.253. The van der Waals surface area contributed by atoms with Gasteiger partial charge in [0.25, 0.3) is 10.0 Å². The van der Waals surface area contributed by atoms with E-state index < -0.39 is 33.7 Å². The topological polar surface area (TPSA) is 98.6 Å². The minimum absolute atomic E-state index is 0.0890. The number of piperazine rings is 1. The molecule has 0 radical (unpaired) electrons. The first-order valence-electron chi connectivity index (χ1n) is 11.6. The summed E-state index contributed by atoms with van der Waals surface area (Å²) in [5.41, 5.74) is -0.204. The molecule has 2 N–H and O–H groups in total. The maximum Gasteiger partial charge on any atom is 0.419 e. The molecule has 8 nitrogen and oxygen atoms in total. The molecule has 0 aliphatic carbocycles. The lowest BCUT2D eigenvalue weighted by Gasteiger charge is -2.38. The van der Waals surface area contributed by atoms with Crippen molar-refractivity contribution < 1.29 is 30.7 Å². The Labute approximate surface area is 217 Å². The van der Waals surface area contributed by atoms with Crippen molar-refractivity contribution in [1.82, 2.24) is 9.88 Å². The van der Waals surface area contributed by atoms with E-state index >= 15 is 0 Å². The Morgan fingerprint density at radius 3 is 2.26 bits per heavy atom. The summed E-state index contributed by atoms with van der Waals surface area (Å²) in [7, 11) is -3.76. The van der Waals surface area contributed by atoms with E-state index in [0.29, 0.717) is 44.0 Å². The van der Waals surface area contributed by atoms with E-state index in [4.69, 9.17) is 10.1 Å². The molecule has 13 heteroatoms. The number of nitrogens with zero attached hydrogens (tertiary/aromatic N) is 3. The van der Waals surface area contributed by atoms with E-state index in [2.05, 4.69) is 9.71 Å². The first-order valence-corrected chi connectivity index (χ1v) is 13.1. The molecule has 0 spiro atoms. The molecule has 2 heterocycles. The highest BCUT2D eigenvalue weighted by Crippen LogP contribution is 2.34. The Morgan fingerprint density at radius 1 is 1.03 bits per heavy atom. The van der Waals surface area contributed by atoms with Gasteiger partial charge in [-0.1, -0.05) is 0 Å². The fraction of sp³-hybridized carbons (Fsp3) is 0.280. The standard InChI is InChI=1S/C25H25F4N5O3S/c1-17(37-20-4-7-23(26)22(16-20)25(27,28)29)24(30)34-14-12-33(13-15-34)19-2-5-21(6-3-19)38(35,36)32-18-8-10-31-11-9-18/h2-11,16-17,30H,12-15H2,1H3,(H,31,32). The average Bonchev–Trinajstić information content (AvgIpc) is 2.89. The van der Waals surface area contributed by atoms with Crippen molar-refractivity contribution >= 4 is 27.2 Å². The normalized spacial score (nSPS) is 15.2. The number of benzene rings is 2. The molecule has 202 valence electrons. The Morgan fingerprint density at radius 2 is 1.66 bits per heavy atom. The third-order valence-corrected chi connectivity index (χ3v) is 7.40. The molecule has 0 amide bonds. The molecule has 1 aliphatic rings. The molecule has 1 aromatic heterocycles. The number of anilines is 2. The lowest BCUT2D eigenvalue weighted by molar-refractivity contribution is -0.140. The van der Waals surface area contributed by atoms with Crippen LogP contribution >= 0.6 is 0 Å². The number of ether oxygens (including phenoxy) is 1. The summed E-state index contributed by atoms with van der Waals surface area (Å²) in [5, 5.41) is 8.43. The van der Waals surface area contributed by atoms with Crippen LogP contribution in [0.3, 0.4) is 0 Å². The van der Waals surface area contributed by atoms with Gasteiger partial charge >= 0.3 is 6.18 Å². The summed E-state index contributed by atoms with van der Waals surface area (Å²) in [6.07, 6.45) is -2.74. The van der Waals surface area contributed by atoms with Crippen molar-refractivity contribution in [2.75, 3.05) is 35.8 Å². The second-order valence-electron chi connectivity index (χ2n) is 8.59. The van der Waals surface area contributed by atoms with Crippen LogP contribution in [0.2, 0.25) is 0 Å². The molecule has 38 heavy (non-hydrogen) atoms. The van der Waals surface area contributed by atoms with Crippen LogP contribution in [0.15, 0.2) is 71.9 Å². The number of sulfonamides is 1. The number of rotatable bonds is 7. The van der Waals surface area contributed by atoms with Crippen LogP contribution in [0.1, 0.15) is 12.5 Å². The van der Waals surface area contributed by atoms with E-state index in [1.165, 1.54) is 24.5 Å². The lowest BCUT2D eigenvalue weighted by Crippen LogP contribution is -2.51. The Bertz CT molecular complexity index is 1380. The van der Waals surface area contributed by atoms with Gasteiger partial charge in [-0.15, -0.1) is 0 Å². The second-order valence-corrected chi connectivity index (χ2v) is 10.3. The maximum atomic E-state index is 13.5. The van der Waals surface area contributed by atoms with Crippen LogP contribution in [0, 0.1) is 11.2 Å². The zero-order chi connectivity index (χ0) is 27.5. The van der Waals surface area contributed by atoms with Crippen molar-refractivity contribution in [3.05, 3.63) is 78.4 Å². The molecular weight excluding hydrogens is 526 g/mol. The molecule has 4 rings (SSSR count). The van der Waals surface area contributed by atoms with Crippen molar-refractivity contribution in [2.24, 2.45) is 0 Å². The van der Waals surface area contributed by atoms with Crippen molar-refractivity contribution in [1.29, 1.82) is 5.41 Å². The largest absolute Gasteiger partial charge is 0.483 e. The molecule has 0 saturated carbocycles. The average molecular weight is 552 g/mol. The van der Waals surface area contributed by atoms with Gasteiger partial charge in [0.05, 0.1) is 16.1 Å². The van der Waals surface area contributed by atoms with Crippen molar-refractivity contribution in [2.45, 2.75) is 24.1 Å². The van der Waals surface area contributed by atoms with Gasteiger partial charge in [0.15, 0.2) is 6.10 Å². The molecule has 1 aliphatic heterocycles. The van der Waals surface area contributed by atoms with Gasteiger partial charge in [-0.3, -0.25) is 15.1 Å². The van der Waals surface area contributed by atoms with Gasteiger partial charge in [0.2, 0.25) is 0 Å². The number of nitrogens with one attached hydrogen (secondary N) is 2. The van der Waals surface area contributed by atoms with Crippen LogP contribution in [-0.2, 0) is 16.2 Å². The van der Waals surface area contributed by atoms with Crippen LogP contribution in [0.4, 0.5) is 28.9 Å². The number of pyridine rings is 1. The molecule has 1 unspecified atom stereocenters. The smallest absolute Gasteiger partial charge is 0.419 e. The Kier molecular flexibility index (Phi) is 7.76. The van der Waals surface area contributed by atoms with E-state index in [1.54, 1.807) is 36.1 Å². The molecule has 1 fully saturated rings. The minimum Gasteiger partial charge on any atom is -0.483 e. The zero-order valence-corrected chi connectivity index (χ0v) is 21.1. The molecule has 3 aromatic rings. The summed E-state index contributed by atoms with van der Waals surface area (Å²) < 4.78 is 85.7. The summed E-state index contributed by atoms with van der Waals surface area (Å²) in [6, 6.07) is 11.9. The Hall–Kier alpha value is -3.87. The fourth-order valence-corrected chi connectivity index (χ4v) is 5.05. The molecule has 0 bridgehead atoms. The number of hydrogen-bond acceptors (Lipinski definition) is 6. The lowest BCUT2D eigenvalue weighted by atomic mass is 10.2. The monoisotopic (exact) mass is 551 g/mol. The highest BCUT2D eigenvalue weighted by Gasteiger charge is 2.35. The van der Waals surface area contributed by atoms with Crippen molar-refractivity contribution in [3.8, 4) is 5.75 Å². The van der Waals surface area contributed by atoms with E-state index in [9.17, 15) is 26.0 Å². The summed E-state index contributed by atoms with van der Waals surface area (Å²) in [5.74, 6) is -1.48. The highest BCUT2D eigenvalue weighted by molar-refractivity contribution is 7.92. The Balaban J connectivity index is 1.33. The van der Waals surface area contributed by atoms with Crippen LogP contribution in [-0.4, -0.2) is 56.4 Å². The van der Waals surface area contributed by atoms with Gasteiger partial charge in [-0.05, 0) is 61.5 Å². The fourth-order valence-electron chi connectivity index (χ4n) is 3.99. The highest BCUT2D eigenvalue weighted by atomic mass is 32.2. The van der Waals surface area contributed by atoms with Gasteiger partial charge < -0.3 is 14.5 Å². The molecule has 2 aromatic carbocycles. The molecule has 1 atom stereocenters. The third-order valence-electron chi connectivity index (χ3n) is 6.01. The third kappa shape index (κ3) is 6.33. The second kappa shape index (κ2) is 10.9. The number of hydrogen-bond donors (Lipinski definition) is 2. The molecular formula is C25H25F4N5O3S. The molecule has 1 saturated heterocycles. The number of alkyl halides is 3. The van der Waals surface area contributed by atoms with Crippen LogP contribution in [0.5, 0.6) is 5.75 Å². The minimum atomic E-state index is -4.85. The van der Waals surface area contributed by atoms with Crippen LogP contribution < -0.4 is 14.4 Å². The maximum absolute atomic E-state index is 13.5. The predicted molar refractivity (Wildman–Crippen MR) is 134 cm³/mol. The zero-order valence-electron chi connectivity index (χ0n) is 20.2. The summed E-state index contributed by atoms with van der Waals surface area (Å²) in [4.78, 5) is 7.76. The van der Waals surface area contributed by atoms with Gasteiger partial charge in [0, 0.05) is 44.3 Å². The van der Waals surface area contributed by atoms with E-state index in [-0.39, 0.29) is 16.5 Å². The summed E-state index contributed by atoms with van der Waals surface area (Å²) >= 11 is 0. The predicted octanol–water partition coefficient (Wildman–Crippen LogP) is 4.61. The number of amidine groups is 1. The number of halogens is 4. The van der Waals surface area contributed by atoms with Gasteiger partial charge in [0.1, 0.15) is 17.4 Å². The first-order chi connectivity index (χ1) is 17.9. The van der Waals surface area contributed by atoms with E-state index in [1.807, 2.05) is 4.90 Å². The SMILES string of the molecule is CC(Oc1ccc(F)c(C(F)(F)F)c1)C(=N)N1CCN(c2ccc(S(=O)(=O)Nc3ccncc3)cc2)CC1. The summed E-state index contributed by atoms with van der Waals surface area (Å²) in [6.45, 7) is 3.52. The van der Waals surface area contributed by atoms with Gasteiger partial charge in [-0.25, -0.2) is 12.8 Å².